The van der Waals surface area contributed by atoms with Crippen LogP contribution < -0.4 is 4.74 Å². The SMILES string of the molecule is COc1ccc(CC(O)c2cccnc2)cn1. The molecule has 2 aromatic rings. The molecule has 1 unspecified atom stereocenters. The first-order valence-corrected chi connectivity index (χ1v) is 5.36. The van der Waals surface area contributed by atoms with Gasteiger partial charge in [0.25, 0.3) is 0 Å². The molecular weight excluding hydrogens is 216 g/mol. The number of hydrogen-bond acceptors (Lipinski definition) is 4. The number of rotatable bonds is 4. The summed E-state index contributed by atoms with van der Waals surface area (Å²) in [6.45, 7) is 0. The molecular formula is C13H14N2O2. The Labute approximate surface area is 99.9 Å². The summed E-state index contributed by atoms with van der Waals surface area (Å²) in [6, 6.07) is 7.34. The lowest BCUT2D eigenvalue weighted by molar-refractivity contribution is 0.178. The van der Waals surface area contributed by atoms with E-state index in [2.05, 4.69) is 9.97 Å². The second kappa shape index (κ2) is 5.41. The lowest BCUT2D eigenvalue weighted by Gasteiger charge is -2.10. The molecule has 0 amide bonds. The van der Waals surface area contributed by atoms with Crippen LogP contribution in [0.25, 0.3) is 0 Å². The second-order valence-electron chi connectivity index (χ2n) is 3.72. The third-order valence-electron chi connectivity index (χ3n) is 2.50. The van der Waals surface area contributed by atoms with E-state index in [1.807, 2.05) is 18.2 Å². The fraction of sp³-hybridized carbons (Fsp3) is 0.231. The zero-order valence-electron chi connectivity index (χ0n) is 9.58. The van der Waals surface area contributed by atoms with Crippen LogP contribution in [-0.2, 0) is 6.42 Å². The van der Waals surface area contributed by atoms with Crippen LogP contribution in [-0.4, -0.2) is 22.2 Å². The molecule has 2 heterocycles. The summed E-state index contributed by atoms with van der Waals surface area (Å²) < 4.78 is 4.98. The predicted molar refractivity (Wildman–Crippen MR) is 63.7 cm³/mol. The van der Waals surface area contributed by atoms with E-state index in [0.717, 1.165) is 11.1 Å². The second-order valence-corrected chi connectivity index (χ2v) is 3.72. The molecule has 88 valence electrons. The number of nitrogens with zero attached hydrogens (tertiary/aromatic N) is 2. The molecule has 0 aromatic carbocycles. The summed E-state index contributed by atoms with van der Waals surface area (Å²) in [5.74, 6) is 0.574. The Kier molecular flexibility index (Phi) is 3.67. The fourth-order valence-electron chi connectivity index (χ4n) is 1.57. The minimum atomic E-state index is -0.557. The zero-order valence-corrected chi connectivity index (χ0v) is 9.58. The highest BCUT2D eigenvalue weighted by Gasteiger charge is 2.08. The van der Waals surface area contributed by atoms with Gasteiger partial charge in [0.15, 0.2) is 0 Å². The average molecular weight is 230 g/mol. The van der Waals surface area contributed by atoms with Crippen molar-refractivity contribution in [1.29, 1.82) is 0 Å². The summed E-state index contributed by atoms with van der Waals surface area (Å²) in [7, 11) is 1.58. The number of ether oxygens (including phenoxy) is 1. The van der Waals surface area contributed by atoms with E-state index in [0.29, 0.717) is 12.3 Å². The molecule has 0 fully saturated rings. The van der Waals surface area contributed by atoms with Gasteiger partial charge in [-0.3, -0.25) is 4.98 Å². The molecule has 0 aliphatic heterocycles. The Hall–Kier alpha value is -1.94. The van der Waals surface area contributed by atoms with Crippen molar-refractivity contribution in [3.05, 3.63) is 54.0 Å². The van der Waals surface area contributed by atoms with E-state index < -0.39 is 6.10 Å². The van der Waals surface area contributed by atoms with Crippen molar-refractivity contribution in [1.82, 2.24) is 9.97 Å². The van der Waals surface area contributed by atoms with Crippen LogP contribution in [0.1, 0.15) is 17.2 Å². The summed E-state index contributed by atoms with van der Waals surface area (Å²) in [5, 5.41) is 10.0. The molecule has 4 heteroatoms. The molecule has 17 heavy (non-hydrogen) atoms. The van der Waals surface area contributed by atoms with Gasteiger partial charge in [0.1, 0.15) is 0 Å². The standard InChI is InChI=1S/C13H14N2O2/c1-17-13-5-4-10(8-15-13)7-12(16)11-3-2-6-14-9-11/h2-6,8-9,12,16H,7H2,1H3. The van der Waals surface area contributed by atoms with Gasteiger partial charge in [-0.25, -0.2) is 4.98 Å². The smallest absolute Gasteiger partial charge is 0.212 e. The largest absolute Gasteiger partial charge is 0.481 e. The molecule has 0 aliphatic rings. The van der Waals surface area contributed by atoms with E-state index in [1.54, 1.807) is 31.8 Å². The van der Waals surface area contributed by atoms with E-state index in [-0.39, 0.29) is 0 Å². The van der Waals surface area contributed by atoms with Crippen molar-refractivity contribution < 1.29 is 9.84 Å². The molecule has 0 saturated heterocycles. The van der Waals surface area contributed by atoms with Gasteiger partial charge < -0.3 is 9.84 Å². The Morgan fingerprint density at radius 2 is 2.18 bits per heavy atom. The van der Waals surface area contributed by atoms with Crippen molar-refractivity contribution in [3.63, 3.8) is 0 Å². The van der Waals surface area contributed by atoms with Gasteiger partial charge in [0.2, 0.25) is 5.88 Å². The lowest BCUT2D eigenvalue weighted by atomic mass is 10.0. The van der Waals surface area contributed by atoms with Crippen molar-refractivity contribution >= 4 is 0 Å². The molecule has 0 spiro atoms. The van der Waals surface area contributed by atoms with Crippen LogP contribution in [0.5, 0.6) is 5.88 Å². The normalized spacial score (nSPS) is 12.1. The maximum atomic E-state index is 10.0. The average Bonchev–Trinajstić information content (AvgIpc) is 2.40. The Bertz CT molecular complexity index is 457. The molecule has 2 rings (SSSR count). The molecule has 1 N–H and O–H groups in total. The number of aliphatic hydroxyl groups is 1. The molecule has 0 saturated carbocycles. The summed E-state index contributed by atoms with van der Waals surface area (Å²) in [5.41, 5.74) is 1.77. The number of aromatic nitrogens is 2. The monoisotopic (exact) mass is 230 g/mol. The van der Waals surface area contributed by atoms with E-state index in [9.17, 15) is 5.11 Å². The number of methoxy groups -OCH3 is 1. The Morgan fingerprint density at radius 1 is 1.29 bits per heavy atom. The van der Waals surface area contributed by atoms with Gasteiger partial charge in [-0.05, 0) is 17.2 Å². The minimum absolute atomic E-state index is 0.517. The first kappa shape index (κ1) is 11.5. The maximum Gasteiger partial charge on any atom is 0.212 e. The highest BCUT2D eigenvalue weighted by atomic mass is 16.5. The van der Waals surface area contributed by atoms with E-state index in [1.165, 1.54) is 0 Å². The van der Waals surface area contributed by atoms with Crippen LogP contribution in [0.3, 0.4) is 0 Å². The molecule has 0 radical (unpaired) electrons. The topological polar surface area (TPSA) is 55.2 Å². The van der Waals surface area contributed by atoms with Gasteiger partial charge in [0, 0.05) is 31.1 Å². The Balaban J connectivity index is 2.05. The van der Waals surface area contributed by atoms with E-state index >= 15 is 0 Å². The lowest BCUT2D eigenvalue weighted by Crippen LogP contribution is -2.02. The van der Waals surface area contributed by atoms with Crippen molar-refractivity contribution in [3.8, 4) is 5.88 Å². The van der Waals surface area contributed by atoms with Crippen LogP contribution in [0.4, 0.5) is 0 Å². The summed E-state index contributed by atoms with van der Waals surface area (Å²) >= 11 is 0. The number of aliphatic hydroxyl groups excluding tert-OH is 1. The van der Waals surface area contributed by atoms with E-state index in [4.69, 9.17) is 4.74 Å². The quantitative estimate of drug-likeness (QED) is 0.869. The van der Waals surface area contributed by atoms with Crippen molar-refractivity contribution in [2.75, 3.05) is 7.11 Å². The highest BCUT2D eigenvalue weighted by molar-refractivity contribution is 5.21. The van der Waals surface area contributed by atoms with Crippen molar-refractivity contribution in [2.24, 2.45) is 0 Å². The number of pyridine rings is 2. The maximum absolute atomic E-state index is 10.0. The van der Waals surface area contributed by atoms with Gasteiger partial charge in [0.05, 0.1) is 13.2 Å². The van der Waals surface area contributed by atoms with Crippen LogP contribution in [0.15, 0.2) is 42.9 Å². The first-order chi connectivity index (χ1) is 8.29. The molecule has 0 bridgehead atoms. The van der Waals surface area contributed by atoms with Crippen molar-refractivity contribution in [2.45, 2.75) is 12.5 Å². The van der Waals surface area contributed by atoms with Crippen LogP contribution >= 0.6 is 0 Å². The highest BCUT2D eigenvalue weighted by Crippen LogP contribution is 2.17. The first-order valence-electron chi connectivity index (χ1n) is 5.36. The molecule has 0 aliphatic carbocycles. The number of hydrogen-bond donors (Lipinski definition) is 1. The van der Waals surface area contributed by atoms with Gasteiger partial charge >= 0.3 is 0 Å². The summed E-state index contributed by atoms with van der Waals surface area (Å²) in [6.07, 6.45) is 5.02. The molecule has 1 atom stereocenters. The fourth-order valence-corrected chi connectivity index (χ4v) is 1.57. The third-order valence-corrected chi connectivity index (χ3v) is 2.50. The molecule has 2 aromatic heterocycles. The van der Waals surface area contributed by atoms with Gasteiger partial charge in [-0.1, -0.05) is 12.1 Å². The van der Waals surface area contributed by atoms with Crippen LogP contribution in [0, 0.1) is 0 Å². The molecule has 4 nitrogen and oxygen atoms in total. The Morgan fingerprint density at radius 3 is 2.76 bits per heavy atom. The minimum Gasteiger partial charge on any atom is -0.481 e. The predicted octanol–water partition coefficient (Wildman–Crippen LogP) is 1.76. The van der Waals surface area contributed by atoms with Crippen LogP contribution in [0.2, 0.25) is 0 Å². The third kappa shape index (κ3) is 3.01. The van der Waals surface area contributed by atoms with Gasteiger partial charge in [-0.15, -0.1) is 0 Å². The van der Waals surface area contributed by atoms with Gasteiger partial charge in [-0.2, -0.15) is 0 Å². The summed E-state index contributed by atoms with van der Waals surface area (Å²) in [4.78, 5) is 8.07. The zero-order chi connectivity index (χ0) is 12.1.